The minimum atomic E-state index is 0.912. The number of hydrogen-bond acceptors (Lipinski definition) is 2. The minimum absolute atomic E-state index is 0.912. The summed E-state index contributed by atoms with van der Waals surface area (Å²) in [5.74, 6) is 0. The van der Waals surface area contributed by atoms with Crippen LogP contribution in [0, 0.1) is 0 Å². The Morgan fingerprint density at radius 1 is 1.00 bits per heavy atom. The summed E-state index contributed by atoms with van der Waals surface area (Å²) in [5, 5.41) is 10.4. The van der Waals surface area contributed by atoms with Gasteiger partial charge in [-0.25, -0.2) is 0 Å². The van der Waals surface area contributed by atoms with Crippen LogP contribution in [0.15, 0.2) is 40.7 Å². The highest BCUT2D eigenvalue weighted by atomic mass is 15.5. The third-order valence-electron chi connectivity index (χ3n) is 2.01. The Kier molecular flexibility index (Phi) is 5.44. The van der Waals surface area contributed by atoms with Crippen molar-refractivity contribution >= 4 is 5.69 Å². The Labute approximate surface area is 91.8 Å². The Bertz CT molecular complexity index is 276. The average molecular weight is 205 g/mol. The summed E-state index contributed by atoms with van der Waals surface area (Å²) in [6, 6.07) is 9.84. The molecule has 3 nitrogen and oxygen atoms in total. The molecule has 0 aliphatic rings. The lowest BCUT2D eigenvalue weighted by molar-refractivity contribution is 0.271. The number of nitrogens with zero attached hydrogens (tertiary/aromatic N) is 3. The quantitative estimate of drug-likeness (QED) is 0.512. The standard InChI is InChI=1S/C12H19N3/c1-3-10-15(11-4-2)14-13-12-8-6-5-7-9-12/h5-9H,3-4,10-11H2,1-2H3. The van der Waals surface area contributed by atoms with E-state index >= 15 is 0 Å². The van der Waals surface area contributed by atoms with Crippen molar-refractivity contribution in [2.45, 2.75) is 26.7 Å². The molecule has 15 heavy (non-hydrogen) atoms. The second kappa shape index (κ2) is 6.98. The van der Waals surface area contributed by atoms with Crippen LogP contribution >= 0.6 is 0 Å². The molecule has 0 bridgehead atoms. The van der Waals surface area contributed by atoms with Crippen LogP contribution in [0.4, 0.5) is 5.69 Å². The highest BCUT2D eigenvalue weighted by Gasteiger charge is 1.97. The van der Waals surface area contributed by atoms with E-state index in [9.17, 15) is 0 Å². The molecule has 82 valence electrons. The van der Waals surface area contributed by atoms with E-state index in [1.54, 1.807) is 0 Å². The first-order valence-corrected chi connectivity index (χ1v) is 5.58. The molecule has 0 N–H and O–H groups in total. The van der Waals surface area contributed by atoms with E-state index in [0.717, 1.165) is 31.6 Å². The summed E-state index contributed by atoms with van der Waals surface area (Å²) in [4.78, 5) is 0. The van der Waals surface area contributed by atoms with Crippen molar-refractivity contribution in [1.82, 2.24) is 5.01 Å². The van der Waals surface area contributed by atoms with E-state index < -0.39 is 0 Å². The molecule has 0 saturated carbocycles. The lowest BCUT2D eigenvalue weighted by atomic mass is 10.3. The number of rotatable bonds is 6. The molecule has 0 heterocycles. The van der Waals surface area contributed by atoms with Crippen molar-refractivity contribution < 1.29 is 0 Å². The van der Waals surface area contributed by atoms with E-state index in [-0.39, 0.29) is 0 Å². The summed E-state index contributed by atoms with van der Waals surface area (Å²) in [6.45, 7) is 6.26. The smallest absolute Gasteiger partial charge is 0.0874 e. The van der Waals surface area contributed by atoms with Gasteiger partial charge in [0.2, 0.25) is 0 Å². The van der Waals surface area contributed by atoms with Crippen molar-refractivity contribution in [1.29, 1.82) is 0 Å². The highest BCUT2D eigenvalue weighted by molar-refractivity contribution is 5.34. The zero-order chi connectivity index (χ0) is 10.9. The summed E-state index contributed by atoms with van der Waals surface area (Å²) in [5.41, 5.74) is 0.912. The molecular formula is C12H19N3. The lowest BCUT2D eigenvalue weighted by Crippen LogP contribution is -2.18. The third-order valence-corrected chi connectivity index (χ3v) is 2.01. The van der Waals surface area contributed by atoms with Crippen LogP contribution in [0.25, 0.3) is 0 Å². The number of benzene rings is 1. The molecule has 0 atom stereocenters. The van der Waals surface area contributed by atoms with E-state index in [2.05, 4.69) is 24.2 Å². The van der Waals surface area contributed by atoms with Gasteiger partial charge in [-0.05, 0) is 25.0 Å². The predicted molar refractivity (Wildman–Crippen MR) is 63.1 cm³/mol. The fraction of sp³-hybridized carbons (Fsp3) is 0.500. The van der Waals surface area contributed by atoms with E-state index in [0.29, 0.717) is 0 Å². The van der Waals surface area contributed by atoms with Gasteiger partial charge < -0.3 is 0 Å². The molecule has 1 aromatic carbocycles. The molecule has 0 aliphatic heterocycles. The molecule has 0 amide bonds. The van der Waals surface area contributed by atoms with E-state index in [1.165, 1.54) is 0 Å². The highest BCUT2D eigenvalue weighted by Crippen LogP contribution is 2.11. The van der Waals surface area contributed by atoms with Crippen molar-refractivity contribution in [2.75, 3.05) is 13.1 Å². The van der Waals surface area contributed by atoms with Crippen LogP contribution in [0.5, 0.6) is 0 Å². The molecule has 1 rings (SSSR count). The van der Waals surface area contributed by atoms with Gasteiger partial charge in [0.25, 0.3) is 0 Å². The summed E-state index contributed by atoms with van der Waals surface area (Å²) in [6.07, 6.45) is 2.21. The SMILES string of the molecule is CCCN(CCC)N=Nc1ccccc1. The van der Waals surface area contributed by atoms with Gasteiger partial charge in [-0.2, -0.15) is 0 Å². The number of hydrogen-bond donors (Lipinski definition) is 0. The summed E-state index contributed by atoms with van der Waals surface area (Å²) in [7, 11) is 0. The largest absolute Gasteiger partial charge is 0.278 e. The van der Waals surface area contributed by atoms with Crippen LogP contribution in [-0.4, -0.2) is 18.1 Å². The molecule has 0 radical (unpaired) electrons. The summed E-state index contributed by atoms with van der Waals surface area (Å²) < 4.78 is 0. The van der Waals surface area contributed by atoms with Crippen molar-refractivity contribution in [3.05, 3.63) is 30.3 Å². The van der Waals surface area contributed by atoms with Gasteiger partial charge in [0, 0.05) is 13.1 Å². The van der Waals surface area contributed by atoms with Gasteiger partial charge in [-0.1, -0.05) is 37.3 Å². The van der Waals surface area contributed by atoms with Gasteiger partial charge in [0.15, 0.2) is 0 Å². The molecule has 0 saturated heterocycles. The molecule has 0 aromatic heterocycles. The Balaban J connectivity index is 2.53. The van der Waals surface area contributed by atoms with Crippen molar-refractivity contribution in [3.63, 3.8) is 0 Å². The molecule has 0 fully saturated rings. The molecule has 1 aromatic rings. The first kappa shape index (κ1) is 11.7. The monoisotopic (exact) mass is 205 g/mol. The fourth-order valence-electron chi connectivity index (χ4n) is 1.33. The molecule has 0 spiro atoms. The zero-order valence-corrected chi connectivity index (χ0v) is 9.56. The second-order valence-electron chi connectivity index (χ2n) is 3.48. The van der Waals surface area contributed by atoms with Crippen LogP contribution in [0.2, 0.25) is 0 Å². The van der Waals surface area contributed by atoms with Gasteiger partial charge in [0.05, 0.1) is 5.69 Å². The first-order valence-electron chi connectivity index (χ1n) is 5.58. The molecular weight excluding hydrogens is 186 g/mol. The van der Waals surface area contributed by atoms with E-state index in [1.807, 2.05) is 35.3 Å². The fourth-order valence-corrected chi connectivity index (χ4v) is 1.33. The van der Waals surface area contributed by atoms with Crippen molar-refractivity contribution in [3.8, 4) is 0 Å². The molecule has 0 aliphatic carbocycles. The maximum Gasteiger partial charge on any atom is 0.0874 e. The Hall–Kier alpha value is -1.38. The maximum absolute atomic E-state index is 4.23. The van der Waals surface area contributed by atoms with Crippen LogP contribution in [0.3, 0.4) is 0 Å². The Morgan fingerprint density at radius 2 is 1.60 bits per heavy atom. The van der Waals surface area contributed by atoms with Crippen molar-refractivity contribution in [2.24, 2.45) is 10.3 Å². The third kappa shape index (κ3) is 4.58. The van der Waals surface area contributed by atoms with Gasteiger partial charge in [0.1, 0.15) is 0 Å². The van der Waals surface area contributed by atoms with Crippen LogP contribution in [-0.2, 0) is 0 Å². The van der Waals surface area contributed by atoms with E-state index in [4.69, 9.17) is 0 Å². The average Bonchev–Trinajstić information content (AvgIpc) is 2.28. The lowest BCUT2D eigenvalue weighted by Gasteiger charge is -2.14. The zero-order valence-electron chi connectivity index (χ0n) is 9.56. The first-order chi connectivity index (χ1) is 7.36. The Morgan fingerprint density at radius 3 is 2.13 bits per heavy atom. The minimum Gasteiger partial charge on any atom is -0.278 e. The predicted octanol–water partition coefficient (Wildman–Crippen LogP) is 3.81. The second-order valence-corrected chi connectivity index (χ2v) is 3.48. The molecule has 3 heteroatoms. The van der Waals surface area contributed by atoms with Crippen LogP contribution < -0.4 is 0 Å². The maximum atomic E-state index is 4.23. The topological polar surface area (TPSA) is 28.0 Å². The summed E-state index contributed by atoms with van der Waals surface area (Å²) >= 11 is 0. The van der Waals surface area contributed by atoms with Crippen LogP contribution in [0.1, 0.15) is 26.7 Å². The van der Waals surface area contributed by atoms with Gasteiger partial charge >= 0.3 is 0 Å². The van der Waals surface area contributed by atoms with Gasteiger partial charge in [-0.3, -0.25) is 5.01 Å². The normalized spacial score (nSPS) is 10.8. The van der Waals surface area contributed by atoms with Gasteiger partial charge in [-0.15, -0.1) is 5.11 Å². The molecule has 0 unspecified atom stereocenters.